The Kier molecular flexibility index (Phi) is 6.50. The van der Waals surface area contributed by atoms with Gasteiger partial charge in [-0.05, 0) is 36.9 Å². The van der Waals surface area contributed by atoms with Crippen LogP contribution in [0.5, 0.6) is 0 Å². The van der Waals surface area contributed by atoms with Gasteiger partial charge in [0.1, 0.15) is 5.82 Å². The third-order valence-electron chi connectivity index (χ3n) is 3.54. The van der Waals surface area contributed by atoms with E-state index >= 15 is 0 Å². The summed E-state index contributed by atoms with van der Waals surface area (Å²) in [6.45, 7) is 1.21. The van der Waals surface area contributed by atoms with E-state index in [9.17, 15) is 9.18 Å². The normalized spacial score (nSPS) is 13.4. The zero-order chi connectivity index (χ0) is 15.4. The van der Waals surface area contributed by atoms with Gasteiger partial charge in [0.25, 0.3) is 0 Å². The van der Waals surface area contributed by atoms with Crippen molar-refractivity contribution >= 4 is 34.8 Å². The summed E-state index contributed by atoms with van der Waals surface area (Å²) in [4.78, 5) is 16.9. The first-order valence-electron chi connectivity index (χ1n) is 7.39. The molecule has 2 N–H and O–H groups in total. The molecule has 3 rings (SSSR count). The first-order chi connectivity index (χ1) is 10.7. The highest BCUT2D eigenvalue weighted by Crippen LogP contribution is 2.27. The number of halogens is 2. The van der Waals surface area contributed by atoms with Crippen LogP contribution in [-0.4, -0.2) is 24.0 Å². The zero-order valence-corrected chi connectivity index (χ0v) is 14.2. The highest BCUT2D eigenvalue weighted by atomic mass is 35.5. The molecule has 0 atom stereocenters. The fourth-order valence-corrected chi connectivity index (χ4v) is 3.00. The van der Waals surface area contributed by atoms with Gasteiger partial charge in [-0.15, -0.1) is 23.7 Å². The number of nitrogens with one attached hydrogen (secondary N) is 2. The maximum atomic E-state index is 13.6. The van der Waals surface area contributed by atoms with E-state index in [4.69, 9.17) is 0 Å². The highest BCUT2D eigenvalue weighted by molar-refractivity contribution is 7.15. The molecule has 0 unspecified atom stereocenters. The van der Waals surface area contributed by atoms with E-state index in [1.165, 1.54) is 30.2 Å². The van der Waals surface area contributed by atoms with E-state index in [0.717, 1.165) is 17.3 Å². The lowest BCUT2D eigenvalue weighted by Gasteiger charge is -2.03. The molecule has 0 spiro atoms. The summed E-state index contributed by atoms with van der Waals surface area (Å²) in [5.74, 6) is 0.443. The lowest BCUT2D eigenvalue weighted by atomic mass is 10.1. The topological polar surface area (TPSA) is 54.0 Å². The molecule has 0 bridgehead atoms. The van der Waals surface area contributed by atoms with Gasteiger partial charge >= 0.3 is 0 Å². The van der Waals surface area contributed by atoms with Crippen molar-refractivity contribution in [1.29, 1.82) is 0 Å². The number of benzene rings is 1. The van der Waals surface area contributed by atoms with Crippen LogP contribution in [0.4, 0.5) is 9.52 Å². The van der Waals surface area contributed by atoms with Crippen LogP contribution in [0.15, 0.2) is 30.5 Å². The van der Waals surface area contributed by atoms with E-state index in [0.29, 0.717) is 23.7 Å². The van der Waals surface area contributed by atoms with Crippen LogP contribution in [0.2, 0.25) is 0 Å². The van der Waals surface area contributed by atoms with Gasteiger partial charge in [-0.2, -0.15) is 0 Å². The van der Waals surface area contributed by atoms with Gasteiger partial charge in [-0.3, -0.25) is 4.79 Å². The largest absolute Gasteiger partial charge is 0.308 e. The Morgan fingerprint density at radius 2 is 2.13 bits per heavy atom. The van der Waals surface area contributed by atoms with Crippen LogP contribution in [0, 0.1) is 11.7 Å². The third-order valence-corrected chi connectivity index (χ3v) is 4.45. The molecule has 2 aromatic rings. The van der Waals surface area contributed by atoms with Crippen molar-refractivity contribution in [1.82, 2.24) is 10.3 Å². The number of thiazole rings is 1. The average molecular weight is 356 g/mol. The summed E-state index contributed by atoms with van der Waals surface area (Å²) < 4.78 is 13.6. The molecule has 0 radical (unpaired) electrons. The maximum absolute atomic E-state index is 13.6. The van der Waals surface area contributed by atoms with Gasteiger partial charge in [0.05, 0.1) is 6.54 Å². The second kappa shape index (κ2) is 8.38. The third kappa shape index (κ3) is 5.57. The van der Waals surface area contributed by atoms with Crippen molar-refractivity contribution in [2.75, 3.05) is 18.4 Å². The fourth-order valence-electron chi connectivity index (χ4n) is 2.15. The Hall–Kier alpha value is -1.50. The Morgan fingerprint density at radius 1 is 1.35 bits per heavy atom. The fraction of sp³-hybridized carbons (Fsp3) is 0.375. The summed E-state index contributed by atoms with van der Waals surface area (Å²) in [5, 5.41) is 6.47. The lowest BCUT2D eigenvalue weighted by Crippen LogP contribution is -2.29. The molecule has 1 saturated carbocycles. The number of carbonyl (C=O) groups is 1. The molecule has 1 heterocycles. The number of nitrogens with zero attached hydrogens (tertiary/aromatic N) is 1. The number of hydrogen-bond donors (Lipinski definition) is 2. The van der Waals surface area contributed by atoms with Crippen molar-refractivity contribution in [3.8, 4) is 0 Å². The zero-order valence-electron chi connectivity index (χ0n) is 12.5. The molecular weight excluding hydrogens is 337 g/mol. The van der Waals surface area contributed by atoms with Gasteiger partial charge in [0.2, 0.25) is 5.91 Å². The molecule has 1 aromatic carbocycles. The van der Waals surface area contributed by atoms with Gasteiger partial charge < -0.3 is 10.6 Å². The molecule has 0 saturated heterocycles. The smallest absolute Gasteiger partial charge is 0.240 e. The first kappa shape index (κ1) is 17.8. The van der Waals surface area contributed by atoms with E-state index in [1.54, 1.807) is 18.3 Å². The number of hydrogen-bond acceptors (Lipinski definition) is 4. The second-order valence-electron chi connectivity index (χ2n) is 5.52. The first-order valence-corrected chi connectivity index (χ1v) is 8.21. The second-order valence-corrected chi connectivity index (χ2v) is 6.64. The Morgan fingerprint density at radius 3 is 2.87 bits per heavy atom. The van der Waals surface area contributed by atoms with Crippen molar-refractivity contribution in [3.05, 3.63) is 46.7 Å². The van der Waals surface area contributed by atoms with Crippen molar-refractivity contribution in [2.24, 2.45) is 5.92 Å². The van der Waals surface area contributed by atoms with Crippen molar-refractivity contribution < 1.29 is 9.18 Å². The van der Waals surface area contributed by atoms with E-state index in [2.05, 4.69) is 15.6 Å². The number of carbonyl (C=O) groups excluding carboxylic acids is 1. The summed E-state index contributed by atoms with van der Waals surface area (Å²) >= 11 is 1.38. The predicted octanol–water partition coefficient (Wildman–Crippen LogP) is 3.23. The molecule has 1 aliphatic rings. The Balaban J connectivity index is 0.00000192. The van der Waals surface area contributed by atoms with E-state index in [-0.39, 0.29) is 24.1 Å². The van der Waals surface area contributed by atoms with Crippen molar-refractivity contribution in [2.45, 2.75) is 19.3 Å². The van der Waals surface area contributed by atoms with Crippen molar-refractivity contribution in [3.63, 3.8) is 0 Å². The number of amides is 1. The van der Waals surface area contributed by atoms with Crippen LogP contribution >= 0.6 is 23.7 Å². The number of aromatic nitrogens is 1. The predicted molar refractivity (Wildman–Crippen MR) is 92.8 cm³/mol. The summed E-state index contributed by atoms with van der Waals surface area (Å²) in [7, 11) is 0. The van der Waals surface area contributed by atoms with Gasteiger partial charge in [0.15, 0.2) is 5.13 Å². The van der Waals surface area contributed by atoms with Gasteiger partial charge in [0, 0.05) is 17.5 Å². The molecule has 4 nitrogen and oxygen atoms in total. The minimum Gasteiger partial charge on any atom is -0.308 e. The highest BCUT2D eigenvalue weighted by Gasteiger charge is 2.20. The monoisotopic (exact) mass is 355 g/mol. The Bertz CT molecular complexity index is 660. The summed E-state index contributed by atoms with van der Waals surface area (Å²) in [6, 6.07) is 6.69. The molecule has 1 amide bonds. The minimum absolute atomic E-state index is 0. The summed E-state index contributed by atoms with van der Waals surface area (Å²) in [5.41, 5.74) is 0.634. The van der Waals surface area contributed by atoms with Crippen LogP contribution in [-0.2, 0) is 11.2 Å². The summed E-state index contributed by atoms with van der Waals surface area (Å²) in [6.07, 6.45) is 4.70. The van der Waals surface area contributed by atoms with Crippen LogP contribution in [0.3, 0.4) is 0 Å². The molecule has 0 aliphatic heterocycles. The molecule has 1 fully saturated rings. The standard InChI is InChI=1S/C16H18FN3OS.ClH/c17-14-4-2-1-3-12(14)7-13-9-19-16(22-13)20-15(21)10-18-8-11-5-6-11;/h1-4,9,11,18H,5-8,10H2,(H,19,20,21);1H. The molecule has 23 heavy (non-hydrogen) atoms. The van der Waals surface area contributed by atoms with Gasteiger partial charge in [-0.25, -0.2) is 9.37 Å². The van der Waals surface area contributed by atoms with Crippen LogP contribution in [0.25, 0.3) is 0 Å². The van der Waals surface area contributed by atoms with E-state index < -0.39 is 0 Å². The minimum atomic E-state index is -0.217. The van der Waals surface area contributed by atoms with Gasteiger partial charge in [-0.1, -0.05) is 18.2 Å². The number of anilines is 1. The van der Waals surface area contributed by atoms with Crippen LogP contribution in [0.1, 0.15) is 23.3 Å². The average Bonchev–Trinajstić information content (AvgIpc) is 3.21. The molecule has 1 aromatic heterocycles. The Labute approximate surface area is 144 Å². The van der Waals surface area contributed by atoms with Crippen LogP contribution < -0.4 is 10.6 Å². The molecular formula is C16H19ClFN3OS. The molecule has 124 valence electrons. The number of rotatable bonds is 7. The lowest BCUT2D eigenvalue weighted by molar-refractivity contribution is -0.115. The quantitative estimate of drug-likeness (QED) is 0.801. The maximum Gasteiger partial charge on any atom is 0.240 e. The molecule has 7 heteroatoms. The SMILES string of the molecule is Cl.O=C(CNCC1CC1)Nc1ncc(Cc2ccccc2F)s1. The van der Waals surface area contributed by atoms with E-state index in [1.807, 2.05) is 6.07 Å². The molecule has 1 aliphatic carbocycles.